The standard InChI is InChI=1S/C10H8ClN5/c11-7-3-1-2-4-8(7)16-10(14)6(5-12)9(13)15-16/h1-4H,14H2,(H2,13,15). The van der Waals surface area contributed by atoms with Crippen molar-refractivity contribution in [3.63, 3.8) is 0 Å². The molecule has 4 N–H and O–H groups in total. The molecule has 6 heteroatoms. The molecule has 0 amide bonds. The summed E-state index contributed by atoms with van der Waals surface area (Å²) in [5, 5.41) is 13.3. The average molecular weight is 234 g/mol. The van der Waals surface area contributed by atoms with Crippen molar-refractivity contribution < 1.29 is 0 Å². The third kappa shape index (κ3) is 1.45. The van der Waals surface area contributed by atoms with Crippen molar-refractivity contribution >= 4 is 23.2 Å². The van der Waals surface area contributed by atoms with Gasteiger partial charge in [-0.1, -0.05) is 23.7 Å². The first-order chi connectivity index (χ1) is 7.65. The molecule has 1 aromatic carbocycles. The zero-order valence-electron chi connectivity index (χ0n) is 8.18. The fourth-order valence-corrected chi connectivity index (χ4v) is 1.59. The van der Waals surface area contributed by atoms with Gasteiger partial charge >= 0.3 is 0 Å². The molecule has 1 heterocycles. The molecule has 0 aliphatic heterocycles. The lowest BCUT2D eigenvalue weighted by molar-refractivity contribution is 0.897. The van der Waals surface area contributed by atoms with E-state index in [0.29, 0.717) is 10.7 Å². The summed E-state index contributed by atoms with van der Waals surface area (Å²) in [5.41, 5.74) is 12.1. The van der Waals surface area contributed by atoms with Crippen LogP contribution in [0.3, 0.4) is 0 Å². The van der Waals surface area contributed by atoms with Crippen molar-refractivity contribution in [2.75, 3.05) is 11.5 Å². The Morgan fingerprint density at radius 3 is 2.56 bits per heavy atom. The largest absolute Gasteiger partial charge is 0.382 e. The minimum absolute atomic E-state index is 0.0971. The quantitative estimate of drug-likeness (QED) is 0.782. The summed E-state index contributed by atoms with van der Waals surface area (Å²) in [6.45, 7) is 0. The Hall–Kier alpha value is -2.19. The fourth-order valence-electron chi connectivity index (χ4n) is 1.37. The number of nitriles is 1. The van der Waals surface area contributed by atoms with Gasteiger partial charge in [0.05, 0.1) is 10.7 Å². The molecule has 2 aromatic rings. The van der Waals surface area contributed by atoms with Crippen LogP contribution in [-0.4, -0.2) is 9.78 Å². The third-order valence-corrected chi connectivity index (χ3v) is 2.46. The molecule has 5 nitrogen and oxygen atoms in total. The first-order valence-electron chi connectivity index (χ1n) is 4.44. The molecule has 0 unspecified atom stereocenters. The maximum atomic E-state index is 8.83. The topological polar surface area (TPSA) is 93.6 Å². The molecule has 0 aliphatic carbocycles. The molecule has 0 bridgehead atoms. The van der Waals surface area contributed by atoms with Crippen molar-refractivity contribution in [2.45, 2.75) is 0 Å². The number of para-hydroxylation sites is 1. The number of nitrogen functional groups attached to an aromatic ring is 2. The van der Waals surface area contributed by atoms with Crippen LogP contribution in [0.25, 0.3) is 5.69 Å². The van der Waals surface area contributed by atoms with E-state index in [-0.39, 0.29) is 17.2 Å². The zero-order valence-corrected chi connectivity index (χ0v) is 8.94. The molecular weight excluding hydrogens is 226 g/mol. The molecule has 0 fully saturated rings. The van der Waals surface area contributed by atoms with Crippen LogP contribution in [0, 0.1) is 11.3 Å². The number of hydrogen-bond donors (Lipinski definition) is 2. The number of hydrogen-bond acceptors (Lipinski definition) is 4. The predicted molar refractivity (Wildman–Crippen MR) is 62.1 cm³/mol. The summed E-state index contributed by atoms with van der Waals surface area (Å²) in [6.07, 6.45) is 0. The van der Waals surface area contributed by atoms with E-state index < -0.39 is 0 Å². The second-order valence-electron chi connectivity index (χ2n) is 3.12. The normalized spacial score (nSPS) is 10.0. The Bertz CT molecular complexity index is 581. The van der Waals surface area contributed by atoms with Crippen LogP contribution in [-0.2, 0) is 0 Å². The molecule has 0 radical (unpaired) electrons. The van der Waals surface area contributed by atoms with E-state index in [1.165, 1.54) is 4.68 Å². The summed E-state index contributed by atoms with van der Waals surface area (Å²) in [7, 11) is 0. The molecule has 0 atom stereocenters. The first kappa shape index (κ1) is 10.3. The third-order valence-electron chi connectivity index (χ3n) is 2.14. The van der Waals surface area contributed by atoms with E-state index in [2.05, 4.69) is 5.10 Å². The molecule has 0 spiro atoms. The van der Waals surface area contributed by atoms with Gasteiger partial charge in [-0.25, -0.2) is 4.68 Å². The number of nitrogens with two attached hydrogens (primary N) is 2. The van der Waals surface area contributed by atoms with E-state index in [0.717, 1.165) is 0 Å². The molecule has 1 aromatic heterocycles. The number of benzene rings is 1. The van der Waals surface area contributed by atoms with Crippen LogP contribution >= 0.6 is 11.6 Å². The second-order valence-corrected chi connectivity index (χ2v) is 3.53. The maximum Gasteiger partial charge on any atom is 0.166 e. The van der Waals surface area contributed by atoms with Gasteiger partial charge in [-0.15, -0.1) is 5.10 Å². The van der Waals surface area contributed by atoms with Crippen LogP contribution in [0.2, 0.25) is 5.02 Å². The van der Waals surface area contributed by atoms with Gasteiger partial charge in [0.1, 0.15) is 17.5 Å². The summed E-state index contributed by atoms with van der Waals surface area (Å²) >= 11 is 6.00. The van der Waals surface area contributed by atoms with Crippen molar-refractivity contribution in [2.24, 2.45) is 0 Å². The van der Waals surface area contributed by atoms with E-state index in [9.17, 15) is 0 Å². The Labute approximate surface area is 96.8 Å². The fraction of sp³-hybridized carbons (Fsp3) is 0. The molecule has 80 valence electrons. The number of anilines is 2. The Morgan fingerprint density at radius 2 is 2.00 bits per heavy atom. The highest BCUT2D eigenvalue weighted by molar-refractivity contribution is 6.32. The van der Waals surface area contributed by atoms with E-state index in [4.69, 9.17) is 28.3 Å². The summed E-state index contributed by atoms with van der Waals surface area (Å²) < 4.78 is 1.36. The highest BCUT2D eigenvalue weighted by Gasteiger charge is 2.15. The average Bonchev–Trinajstić information content (AvgIpc) is 2.55. The second kappa shape index (κ2) is 3.76. The minimum atomic E-state index is 0.0971. The summed E-state index contributed by atoms with van der Waals surface area (Å²) in [6, 6.07) is 8.94. The Morgan fingerprint density at radius 1 is 1.31 bits per heavy atom. The highest BCUT2D eigenvalue weighted by Crippen LogP contribution is 2.26. The molecule has 0 saturated heterocycles. The molecular formula is C10H8ClN5. The van der Waals surface area contributed by atoms with Gasteiger partial charge in [-0.3, -0.25) is 0 Å². The lowest BCUT2D eigenvalue weighted by atomic mass is 10.3. The van der Waals surface area contributed by atoms with Crippen molar-refractivity contribution in [3.8, 4) is 11.8 Å². The lowest BCUT2D eigenvalue weighted by Crippen LogP contribution is -2.03. The van der Waals surface area contributed by atoms with Crippen LogP contribution in [0.15, 0.2) is 24.3 Å². The number of aromatic nitrogens is 2. The zero-order chi connectivity index (χ0) is 11.7. The van der Waals surface area contributed by atoms with Crippen molar-refractivity contribution in [1.82, 2.24) is 9.78 Å². The van der Waals surface area contributed by atoms with Crippen LogP contribution in [0.4, 0.5) is 11.6 Å². The van der Waals surface area contributed by atoms with Gasteiger partial charge in [0.25, 0.3) is 0 Å². The molecule has 0 aliphatic rings. The van der Waals surface area contributed by atoms with Gasteiger partial charge in [-0.2, -0.15) is 5.26 Å². The smallest absolute Gasteiger partial charge is 0.166 e. The lowest BCUT2D eigenvalue weighted by Gasteiger charge is -2.05. The highest BCUT2D eigenvalue weighted by atomic mass is 35.5. The number of rotatable bonds is 1. The van der Waals surface area contributed by atoms with Gasteiger partial charge in [-0.05, 0) is 12.1 Å². The number of halogens is 1. The van der Waals surface area contributed by atoms with Gasteiger partial charge in [0.15, 0.2) is 5.82 Å². The van der Waals surface area contributed by atoms with Crippen LogP contribution in [0.5, 0.6) is 0 Å². The van der Waals surface area contributed by atoms with E-state index >= 15 is 0 Å². The molecule has 0 saturated carbocycles. The summed E-state index contributed by atoms with van der Waals surface area (Å²) in [5.74, 6) is 0.285. The van der Waals surface area contributed by atoms with Crippen molar-refractivity contribution in [3.05, 3.63) is 34.9 Å². The molecule has 16 heavy (non-hydrogen) atoms. The molecule has 2 rings (SSSR count). The SMILES string of the molecule is N#Cc1c(N)nn(-c2ccccc2Cl)c1N. The Balaban J connectivity index is 2.68. The van der Waals surface area contributed by atoms with Gasteiger partial charge in [0.2, 0.25) is 0 Å². The van der Waals surface area contributed by atoms with Gasteiger partial charge in [0, 0.05) is 0 Å². The van der Waals surface area contributed by atoms with Crippen molar-refractivity contribution in [1.29, 1.82) is 5.26 Å². The first-order valence-corrected chi connectivity index (χ1v) is 4.82. The Kier molecular flexibility index (Phi) is 2.43. The van der Waals surface area contributed by atoms with Crippen LogP contribution < -0.4 is 11.5 Å². The van der Waals surface area contributed by atoms with E-state index in [1.807, 2.05) is 6.07 Å². The minimum Gasteiger partial charge on any atom is -0.382 e. The number of nitrogens with zero attached hydrogens (tertiary/aromatic N) is 3. The van der Waals surface area contributed by atoms with Crippen LogP contribution in [0.1, 0.15) is 5.56 Å². The van der Waals surface area contributed by atoms with E-state index in [1.54, 1.807) is 24.3 Å². The summed E-state index contributed by atoms with van der Waals surface area (Å²) in [4.78, 5) is 0. The predicted octanol–water partition coefficient (Wildman–Crippen LogP) is 1.56. The maximum absolute atomic E-state index is 8.83. The monoisotopic (exact) mass is 233 g/mol. The van der Waals surface area contributed by atoms with Gasteiger partial charge < -0.3 is 11.5 Å².